The van der Waals surface area contributed by atoms with Gasteiger partial charge in [0.1, 0.15) is 12.7 Å². The smallest absolute Gasteiger partial charge is 0.309 e. The Kier molecular flexibility index (Phi) is 5.37. The van der Waals surface area contributed by atoms with E-state index in [1.165, 1.54) is 0 Å². The molecule has 0 radical (unpaired) electrons. The Bertz CT molecular complexity index is 277. The summed E-state index contributed by atoms with van der Waals surface area (Å²) in [5, 5.41) is 26.6. The predicted octanol–water partition coefficient (Wildman–Crippen LogP) is -0.226. The van der Waals surface area contributed by atoms with Gasteiger partial charge in [-0.1, -0.05) is 12.8 Å². The van der Waals surface area contributed by atoms with E-state index in [2.05, 4.69) is 0 Å². The van der Waals surface area contributed by atoms with Crippen molar-refractivity contribution in [2.45, 2.75) is 31.8 Å². The van der Waals surface area contributed by atoms with Crippen molar-refractivity contribution in [1.29, 1.82) is 0 Å². The molecule has 17 heavy (non-hydrogen) atoms. The second-order valence-electron chi connectivity index (χ2n) is 4.30. The van der Waals surface area contributed by atoms with Crippen LogP contribution in [0.25, 0.3) is 0 Å². The first-order chi connectivity index (χ1) is 8.06. The number of aliphatic hydroxyl groups excluding tert-OH is 2. The average molecular weight is 246 g/mol. The maximum absolute atomic E-state index is 11.7. The zero-order chi connectivity index (χ0) is 12.8. The highest BCUT2D eigenvalue weighted by Crippen LogP contribution is 2.31. The quantitative estimate of drug-likeness (QED) is 0.579. The molecule has 1 rings (SSSR count). The van der Waals surface area contributed by atoms with Crippen LogP contribution in [0, 0.1) is 11.8 Å². The van der Waals surface area contributed by atoms with E-state index in [-0.39, 0.29) is 6.61 Å². The van der Waals surface area contributed by atoms with Crippen LogP contribution in [0.15, 0.2) is 0 Å². The van der Waals surface area contributed by atoms with Crippen molar-refractivity contribution in [1.82, 2.24) is 0 Å². The van der Waals surface area contributed by atoms with Crippen LogP contribution in [-0.4, -0.2) is 46.6 Å². The molecule has 0 spiro atoms. The van der Waals surface area contributed by atoms with Crippen LogP contribution in [0.4, 0.5) is 0 Å². The number of carboxylic acids is 1. The molecular formula is C11H18O6. The van der Waals surface area contributed by atoms with Crippen LogP contribution in [-0.2, 0) is 14.3 Å². The fourth-order valence-corrected chi connectivity index (χ4v) is 2.05. The molecule has 0 heterocycles. The number of carbonyl (C=O) groups is 2. The Morgan fingerprint density at radius 2 is 1.82 bits per heavy atom. The van der Waals surface area contributed by atoms with Crippen molar-refractivity contribution in [3.05, 3.63) is 0 Å². The molecule has 1 aliphatic rings. The van der Waals surface area contributed by atoms with Gasteiger partial charge in [-0.2, -0.15) is 0 Å². The monoisotopic (exact) mass is 246 g/mol. The molecule has 3 atom stereocenters. The minimum absolute atomic E-state index is 0.293. The van der Waals surface area contributed by atoms with E-state index in [4.69, 9.17) is 20.1 Å². The Morgan fingerprint density at radius 3 is 2.35 bits per heavy atom. The molecule has 1 fully saturated rings. The van der Waals surface area contributed by atoms with Gasteiger partial charge in [-0.3, -0.25) is 9.59 Å². The summed E-state index contributed by atoms with van der Waals surface area (Å²) < 4.78 is 4.80. The third kappa shape index (κ3) is 3.98. The summed E-state index contributed by atoms with van der Waals surface area (Å²) in [6, 6.07) is 0. The molecule has 0 saturated heterocycles. The molecule has 1 saturated carbocycles. The standard InChI is InChI=1S/C11H18O6/c12-5-7(13)6-17-11(16)9-4-2-1-3-8(9)10(14)15/h7-9,12-13H,1-6H2,(H,14,15). The number of carbonyl (C=O) groups excluding carboxylic acids is 1. The molecule has 0 aliphatic heterocycles. The van der Waals surface area contributed by atoms with Gasteiger partial charge >= 0.3 is 11.9 Å². The molecule has 0 bridgehead atoms. The molecule has 0 aromatic rings. The first kappa shape index (κ1) is 13.9. The number of aliphatic hydroxyl groups is 2. The number of ether oxygens (including phenoxy) is 1. The Labute approximate surface area is 99.2 Å². The fourth-order valence-electron chi connectivity index (χ4n) is 2.05. The molecule has 3 N–H and O–H groups in total. The van der Waals surface area contributed by atoms with Crippen molar-refractivity contribution in [3.63, 3.8) is 0 Å². The van der Waals surface area contributed by atoms with E-state index in [0.29, 0.717) is 12.8 Å². The summed E-state index contributed by atoms with van der Waals surface area (Å²) in [7, 11) is 0. The van der Waals surface area contributed by atoms with Gasteiger partial charge in [-0.15, -0.1) is 0 Å². The van der Waals surface area contributed by atoms with E-state index in [9.17, 15) is 9.59 Å². The zero-order valence-electron chi connectivity index (χ0n) is 9.54. The highest BCUT2D eigenvalue weighted by Gasteiger charge is 2.36. The van der Waals surface area contributed by atoms with Crippen LogP contribution in [0.1, 0.15) is 25.7 Å². The van der Waals surface area contributed by atoms with Crippen LogP contribution >= 0.6 is 0 Å². The van der Waals surface area contributed by atoms with E-state index in [1.54, 1.807) is 0 Å². The molecule has 98 valence electrons. The van der Waals surface area contributed by atoms with Gasteiger partial charge in [0.05, 0.1) is 18.4 Å². The summed E-state index contributed by atoms with van der Waals surface area (Å²) in [5.74, 6) is -2.89. The summed E-state index contributed by atoms with van der Waals surface area (Å²) >= 11 is 0. The van der Waals surface area contributed by atoms with E-state index >= 15 is 0 Å². The van der Waals surface area contributed by atoms with Crippen LogP contribution in [0.3, 0.4) is 0 Å². The van der Waals surface area contributed by atoms with Crippen molar-refractivity contribution in [3.8, 4) is 0 Å². The van der Waals surface area contributed by atoms with Gasteiger partial charge in [0.2, 0.25) is 0 Å². The van der Waals surface area contributed by atoms with E-state index < -0.39 is 36.5 Å². The number of esters is 1. The van der Waals surface area contributed by atoms with Crippen molar-refractivity contribution in [2.75, 3.05) is 13.2 Å². The number of aliphatic carboxylic acids is 1. The van der Waals surface area contributed by atoms with Gasteiger partial charge < -0.3 is 20.1 Å². The number of carboxylic acid groups (broad SMARTS) is 1. The highest BCUT2D eigenvalue weighted by atomic mass is 16.5. The molecular weight excluding hydrogens is 228 g/mol. The number of hydrogen-bond donors (Lipinski definition) is 3. The summed E-state index contributed by atoms with van der Waals surface area (Å²) in [6.45, 7) is -0.779. The average Bonchev–Trinajstić information content (AvgIpc) is 2.35. The van der Waals surface area contributed by atoms with Crippen LogP contribution in [0.2, 0.25) is 0 Å². The zero-order valence-corrected chi connectivity index (χ0v) is 9.54. The van der Waals surface area contributed by atoms with Crippen molar-refractivity contribution in [2.24, 2.45) is 11.8 Å². The maximum Gasteiger partial charge on any atom is 0.309 e. The maximum atomic E-state index is 11.7. The topological polar surface area (TPSA) is 104 Å². The van der Waals surface area contributed by atoms with Gasteiger partial charge in [0, 0.05) is 0 Å². The van der Waals surface area contributed by atoms with E-state index in [0.717, 1.165) is 12.8 Å². The number of hydrogen-bond acceptors (Lipinski definition) is 5. The third-order valence-electron chi connectivity index (χ3n) is 3.01. The highest BCUT2D eigenvalue weighted by molar-refractivity contribution is 5.81. The predicted molar refractivity (Wildman–Crippen MR) is 57.1 cm³/mol. The van der Waals surface area contributed by atoms with Gasteiger partial charge in [-0.05, 0) is 12.8 Å². The lowest BCUT2D eigenvalue weighted by Crippen LogP contribution is -2.35. The second kappa shape index (κ2) is 6.56. The molecule has 0 aromatic heterocycles. The Morgan fingerprint density at radius 1 is 1.24 bits per heavy atom. The lowest BCUT2D eigenvalue weighted by atomic mass is 9.79. The summed E-state index contributed by atoms with van der Waals surface area (Å²) in [6.07, 6.45) is 1.50. The minimum Gasteiger partial charge on any atom is -0.481 e. The Hall–Kier alpha value is -1.14. The fraction of sp³-hybridized carbons (Fsp3) is 0.818. The SMILES string of the molecule is O=C(O)C1CCCCC1C(=O)OCC(O)CO. The summed E-state index contributed by atoms with van der Waals surface area (Å²) in [4.78, 5) is 22.6. The van der Waals surface area contributed by atoms with Crippen molar-refractivity contribution >= 4 is 11.9 Å². The molecule has 1 aliphatic carbocycles. The van der Waals surface area contributed by atoms with Gasteiger partial charge in [-0.25, -0.2) is 0 Å². The first-order valence-corrected chi connectivity index (χ1v) is 5.74. The lowest BCUT2D eigenvalue weighted by Gasteiger charge is -2.26. The largest absolute Gasteiger partial charge is 0.481 e. The molecule has 0 amide bonds. The van der Waals surface area contributed by atoms with Gasteiger partial charge in [0.25, 0.3) is 0 Å². The normalized spacial score (nSPS) is 26.2. The minimum atomic E-state index is -1.11. The van der Waals surface area contributed by atoms with Crippen LogP contribution in [0.5, 0.6) is 0 Å². The lowest BCUT2D eigenvalue weighted by molar-refractivity contribution is -0.162. The van der Waals surface area contributed by atoms with Crippen molar-refractivity contribution < 1.29 is 29.6 Å². The van der Waals surface area contributed by atoms with Gasteiger partial charge in [0.15, 0.2) is 0 Å². The van der Waals surface area contributed by atoms with Crippen LogP contribution < -0.4 is 0 Å². The molecule has 6 nitrogen and oxygen atoms in total. The Balaban J connectivity index is 2.50. The molecule has 0 aromatic carbocycles. The molecule has 6 heteroatoms. The summed E-state index contributed by atoms with van der Waals surface area (Å²) in [5.41, 5.74) is 0. The number of rotatable bonds is 5. The first-order valence-electron chi connectivity index (χ1n) is 5.74. The third-order valence-corrected chi connectivity index (χ3v) is 3.01. The van der Waals surface area contributed by atoms with E-state index in [1.807, 2.05) is 0 Å². The molecule has 3 unspecified atom stereocenters. The second-order valence-corrected chi connectivity index (χ2v) is 4.30.